The van der Waals surface area contributed by atoms with E-state index in [2.05, 4.69) is 31.1 Å². The van der Waals surface area contributed by atoms with Crippen LogP contribution < -0.4 is 0 Å². The van der Waals surface area contributed by atoms with E-state index in [9.17, 15) is 5.11 Å². The standard InChI is InChI=1S/C17H24N2O/c1-12(2)14-8-9-19-11-18-10-15(19)16(14)17(20)13-6-4-3-5-7-13/h8-13,17,20H,3-7H2,1-2H3/t17-/m1/s1. The Morgan fingerprint density at radius 3 is 2.70 bits per heavy atom. The van der Waals surface area contributed by atoms with Gasteiger partial charge in [-0.05, 0) is 36.3 Å². The van der Waals surface area contributed by atoms with E-state index in [1.165, 1.54) is 24.8 Å². The quantitative estimate of drug-likeness (QED) is 0.914. The van der Waals surface area contributed by atoms with Crippen molar-refractivity contribution in [3.63, 3.8) is 0 Å². The molecule has 2 aromatic rings. The molecule has 3 heteroatoms. The van der Waals surface area contributed by atoms with Gasteiger partial charge in [-0.1, -0.05) is 33.1 Å². The lowest BCUT2D eigenvalue weighted by Crippen LogP contribution is -2.18. The number of hydrogen-bond acceptors (Lipinski definition) is 2. The second-order valence-corrected chi connectivity index (χ2v) is 6.37. The van der Waals surface area contributed by atoms with Crippen LogP contribution in [-0.2, 0) is 0 Å². The maximum atomic E-state index is 11.0. The van der Waals surface area contributed by atoms with Crippen molar-refractivity contribution in [3.8, 4) is 0 Å². The summed E-state index contributed by atoms with van der Waals surface area (Å²) in [5.41, 5.74) is 3.43. The van der Waals surface area contributed by atoms with Gasteiger partial charge in [-0.3, -0.25) is 0 Å². The molecule has 0 saturated heterocycles. The zero-order chi connectivity index (χ0) is 14.1. The Balaban J connectivity index is 2.06. The zero-order valence-corrected chi connectivity index (χ0v) is 12.4. The Kier molecular flexibility index (Phi) is 3.79. The van der Waals surface area contributed by atoms with Gasteiger partial charge < -0.3 is 9.51 Å². The van der Waals surface area contributed by atoms with E-state index in [0.29, 0.717) is 11.8 Å². The first-order chi connectivity index (χ1) is 9.68. The zero-order valence-electron chi connectivity index (χ0n) is 12.4. The molecule has 108 valence electrons. The maximum absolute atomic E-state index is 11.0. The molecule has 1 N–H and O–H groups in total. The van der Waals surface area contributed by atoms with Crippen molar-refractivity contribution < 1.29 is 5.11 Å². The van der Waals surface area contributed by atoms with E-state index >= 15 is 0 Å². The molecule has 1 fully saturated rings. The van der Waals surface area contributed by atoms with E-state index < -0.39 is 0 Å². The van der Waals surface area contributed by atoms with E-state index in [1.807, 2.05) is 16.9 Å². The average Bonchev–Trinajstić information content (AvgIpc) is 2.94. The molecule has 2 heterocycles. The summed E-state index contributed by atoms with van der Waals surface area (Å²) in [6.45, 7) is 4.39. The fraction of sp³-hybridized carbons (Fsp3) is 0.588. The smallest absolute Gasteiger partial charge is 0.0992 e. The van der Waals surface area contributed by atoms with Crippen molar-refractivity contribution >= 4 is 5.52 Å². The summed E-state index contributed by atoms with van der Waals surface area (Å²) in [5.74, 6) is 0.825. The summed E-state index contributed by atoms with van der Waals surface area (Å²) in [7, 11) is 0. The summed E-state index contributed by atoms with van der Waals surface area (Å²) in [6.07, 6.45) is 11.5. The number of rotatable bonds is 3. The molecule has 3 nitrogen and oxygen atoms in total. The lowest BCUT2D eigenvalue weighted by Gasteiger charge is -2.29. The Morgan fingerprint density at radius 2 is 2.00 bits per heavy atom. The van der Waals surface area contributed by atoms with E-state index in [4.69, 9.17) is 0 Å². The number of aliphatic hydroxyl groups is 1. The van der Waals surface area contributed by atoms with Gasteiger partial charge in [-0.15, -0.1) is 0 Å². The highest BCUT2D eigenvalue weighted by Gasteiger charge is 2.27. The first-order valence-electron chi connectivity index (χ1n) is 7.81. The summed E-state index contributed by atoms with van der Waals surface area (Å²) in [5, 5.41) is 11.0. The fourth-order valence-electron chi connectivity index (χ4n) is 3.54. The van der Waals surface area contributed by atoms with E-state index in [1.54, 1.807) is 0 Å². The molecule has 1 aliphatic rings. The second-order valence-electron chi connectivity index (χ2n) is 6.37. The molecule has 0 aliphatic heterocycles. The van der Waals surface area contributed by atoms with Crippen LogP contribution in [0, 0.1) is 5.92 Å². The molecule has 3 rings (SSSR count). The third-order valence-corrected chi connectivity index (χ3v) is 4.68. The van der Waals surface area contributed by atoms with E-state index in [-0.39, 0.29) is 6.10 Å². The molecule has 0 aromatic carbocycles. The summed E-state index contributed by atoms with van der Waals surface area (Å²) < 4.78 is 2.02. The molecule has 1 saturated carbocycles. The topological polar surface area (TPSA) is 37.5 Å². The number of pyridine rings is 1. The minimum absolute atomic E-state index is 0.354. The number of aliphatic hydroxyl groups excluding tert-OH is 1. The number of fused-ring (bicyclic) bond motifs is 1. The highest BCUT2D eigenvalue weighted by atomic mass is 16.3. The van der Waals surface area contributed by atoms with Gasteiger partial charge in [-0.2, -0.15) is 0 Å². The third kappa shape index (κ3) is 2.35. The number of imidazole rings is 1. The number of nitrogens with zero attached hydrogens (tertiary/aromatic N) is 2. The SMILES string of the molecule is CC(C)c1ccn2cncc2c1[C@H](O)C1CCCCC1. The van der Waals surface area contributed by atoms with Crippen LogP contribution >= 0.6 is 0 Å². The Bertz CT molecular complexity index is 582. The minimum Gasteiger partial charge on any atom is -0.388 e. The molecular weight excluding hydrogens is 248 g/mol. The third-order valence-electron chi connectivity index (χ3n) is 4.68. The van der Waals surface area contributed by atoms with Crippen molar-refractivity contribution in [1.29, 1.82) is 0 Å². The molecule has 0 bridgehead atoms. The monoisotopic (exact) mass is 272 g/mol. The molecule has 2 aromatic heterocycles. The molecular formula is C17H24N2O. The predicted octanol–water partition coefficient (Wildman–Crippen LogP) is 4.07. The van der Waals surface area contributed by atoms with Gasteiger partial charge >= 0.3 is 0 Å². The van der Waals surface area contributed by atoms with Gasteiger partial charge in [0.05, 0.1) is 24.1 Å². The van der Waals surface area contributed by atoms with Crippen LogP contribution in [0.1, 0.15) is 69.1 Å². The first kappa shape index (κ1) is 13.6. The summed E-state index contributed by atoms with van der Waals surface area (Å²) >= 11 is 0. The van der Waals surface area contributed by atoms with Crippen molar-refractivity contribution in [1.82, 2.24) is 9.38 Å². The van der Waals surface area contributed by atoms with Crippen molar-refractivity contribution in [2.45, 2.75) is 58.0 Å². The average molecular weight is 272 g/mol. The molecule has 0 amide bonds. The molecule has 1 atom stereocenters. The molecule has 1 aliphatic carbocycles. The highest BCUT2D eigenvalue weighted by Crippen LogP contribution is 2.38. The van der Waals surface area contributed by atoms with Gasteiger partial charge in [0, 0.05) is 11.8 Å². The van der Waals surface area contributed by atoms with Crippen LogP contribution in [0.5, 0.6) is 0 Å². The van der Waals surface area contributed by atoms with Crippen molar-refractivity contribution in [3.05, 3.63) is 35.9 Å². The predicted molar refractivity (Wildman–Crippen MR) is 80.8 cm³/mol. The summed E-state index contributed by atoms with van der Waals surface area (Å²) in [4.78, 5) is 4.24. The Hall–Kier alpha value is -1.35. The van der Waals surface area contributed by atoms with Gasteiger partial charge in [0.2, 0.25) is 0 Å². The van der Waals surface area contributed by atoms with Gasteiger partial charge in [0.25, 0.3) is 0 Å². The van der Waals surface area contributed by atoms with Gasteiger partial charge in [0.15, 0.2) is 0 Å². The first-order valence-corrected chi connectivity index (χ1v) is 7.81. The van der Waals surface area contributed by atoms with E-state index in [0.717, 1.165) is 23.9 Å². The molecule has 20 heavy (non-hydrogen) atoms. The molecule has 0 spiro atoms. The summed E-state index contributed by atoms with van der Waals surface area (Å²) in [6, 6.07) is 2.14. The lowest BCUT2D eigenvalue weighted by molar-refractivity contribution is 0.0848. The van der Waals surface area contributed by atoms with Crippen LogP contribution in [-0.4, -0.2) is 14.5 Å². The molecule has 0 unspecified atom stereocenters. The minimum atomic E-state index is -0.354. The Morgan fingerprint density at radius 1 is 1.25 bits per heavy atom. The normalized spacial score (nSPS) is 18.8. The van der Waals surface area contributed by atoms with Gasteiger partial charge in [0.1, 0.15) is 0 Å². The highest BCUT2D eigenvalue weighted by molar-refractivity contribution is 5.58. The van der Waals surface area contributed by atoms with Crippen molar-refractivity contribution in [2.24, 2.45) is 5.92 Å². The fourth-order valence-corrected chi connectivity index (χ4v) is 3.54. The number of hydrogen-bond donors (Lipinski definition) is 1. The lowest BCUT2D eigenvalue weighted by atomic mass is 9.80. The van der Waals surface area contributed by atoms with Crippen LogP contribution in [0.25, 0.3) is 5.52 Å². The van der Waals surface area contributed by atoms with Crippen molar-refractivity contribution in [2.75, 3.05) is 0 Å². The van der Waals surface area contributed by atoms with Crippen LogP contribution in [0.4, 0.5) is 0 Å². The molecule has 0 radical (unpaired) electrons. The van der Waals surface area contributed by atoms with Gasteiger partial charge in [-0.25, -0.2) is 4.98 Å². The second kappa shape index (κ2) is 5.57. The maximum Gasteiger partial charge on any atom is 0.0992 e. The number of aromatic nitrogens is 2. The largest absolute Gasteiger partial charge is 0.388 e. The van der Waals surface area contributed by atoms with Crippen LogP contribution in [0.3, 0.4) is 0 Å². The van der Waals surface area contributed by atoms with Crippen LogP contribution in [0.2, 0.25) is 0 Å². The Labute approximate surface area is 120 Å². The van der Waals surface area contributed by atoms with Crippen LogP contribution in [0.15, 0.2) is 24.8 Å².